The molecular weight excluding hydrogens is 437 g/mol. The van der Waals surface area contributed by atoms with Crippen molar-refractivity contribution < 1.29 is 0 Å². The summed E-state index contributed by atoms with van der Waals surface area (Å²) in [5.41, 5.74) is 9.55. The van der Waals surface area contributed by atoms with Crippen LogP contribution in [0, 0.1) is 0 Å². The van der Waals surface area contributed by atoms with E-state index < -0.39 is 0 Å². The van der Waals surface area contributed by atoms with Gasteiger partial charge in [0, 0.05) is 37.4 Å². The van der Waals surface area contributed by atoms with Crippen molar-refractivity contribution in [3.63, 3.8) is 0 Å². The van der Waals surface area contributed by atoms with Crippen LogP contribution in [0.1, 0.15) is 30.7 Å². The molecule has 142 valence electrons. The zero-order chi connectivity index (χ0) is 18.1. The Morgan fingerprint density at radius 1 is 1.15 bits per heavy atom. The molecule has 0 amide bonds. The third-order valence-electron chi connectivity index (χ3n) is 4.25. The molecule has 0 unspecified atom stereocenters. The number of nitrogens with two attached hydrogens (primary N) is 1. The zero-order valence-corrected chi connectivity index (χ0v) is 18.2. The van der Waals surface area contributed by atoms with Gasteiger partial charge in [-0.1, -0.05) is 30.3 Å². The van der Waals surface area contributed by atoms with Gasteiger partial charge in [-0.15, -0.1) is 24.0 Å². The summed E-state index contributed by atoms with van der Waals surface area (Å²) in [6, 6.07) is 14.8. The molecule has 26 heavy (non-hydrogen) atoms. The maximum absolute atomic E-state index is 5.99. The summed E-state index contributed by atoms with van der Waals surface area (Å²) in [5.74, 6) is 0.475. The van der Waals surface area contributed by atoms with E-state index in [0.717, 1.165) is 25.2 Å². The highest BCUT2D eigenvalue weighted by atomic mass is 127. The topological polar surface area (TPSA) is 66.5 Å². The number of aliphatic imine (C=N–C) groups is 1. The number of hydrogen-bond donors (Lipinski definition) is 2. The molecule has 0 saturated carbocycles. The van der Waals surface area contributed by atoms with Gasteiger partial charge in [0.15, 0.2) is 5.96 Å². The summed E-state index contributed by atoms with van der Waals surface area (Å²) in [7, 11) is 2.14. The average Bonchev–Trinajstić information content (AvgIpc) is 2.61. The van der Waals surface area contributed by atoms with Gasteiger partial charge in [0.1, 0.15) is 0 Å². The lowest BCUT2D eigenvalue weighted by Gasteiger charge is -2.22. The van der Waals surface area contributed by atoms with Gasteiger partial charge in [0.25, 0.3) is 0 Å². The normalized spacial score (nSPS) is 11.5. The predicted molar refractivity (Wildman–Crippen MR) is 120 cm³/mol. The summed E-state index contributed by atoms with van der Waals surface area (Å²) in [6.07, 6.45) is 2.63. The average molecular weight is 467 g/mol. The van der Waals surface area contributed by atoms with Crippen molar-refractivity contribution >= 4 is 29.9 Å². The van der Waals surface area contributed by atoms with Crippen LogP contribution in [-0.2, 0) is 19.5 Å². The lowest BCUT2D eigenvalue weighted by Crippen LogP contribution is -2.33. The third kappa shape index (κ3) is 7.70. The van der Waals surface area contributed by atoms with E-state index in [1.54, 1.807) is 6.20 Å². The van der Waals surface area contributed by atoms with Gasteiger partial charge in [0.05, 0.1) is 6.54 Å². The molecule has 1 aromatic heterocycles. The van der Waals surface area contributed by atoms with Crippen LogP contribution in [0.2, 0.25) is 0 Å². The predicted octanol–water partition coefficient (Wildman–Crippen LogP) is 3.19. The number of halogens is 1. The lowest BCUT2D eigenvalue weighted by molar-refractivity contribution is 0.265. The van der Waals surface area contributed by atoms with Crippen LogP contribution >= 0.6 is 24.0 Å². The maximum atomic E-state index is 5.99. The summed E-state index contributed by atoms with van der Waals surface area (Å²) in [4.78, 5) is 11.1. The Hall–Kier alpha value is -1.67. The second kappa shape index (κ2) is 11.9. The fourth-order valence-corrected chi connectivity index (χ4v) is 2.41. The van der Waals surface area contributed by atoms with Crippen LogP contribution in [0.15, 0.2) is 53.7 Å². The number of rotatable bonds is 8. The molecule has 6 heteroatoms. The minimum Gasteiger partial charge on any atom is -0.370 e. The first kappa shape index (κ1) is 22.4. The van der Waals surface area contributed by atoms with Gasteiger partial charge in [-0.05, 0) is 44.2 Å². The molecular formula is C20H30IN5. The van der Waals surface area contributed by atoms with Crippen LogP contribution < -0.4 is 11.1 Å². The van der Waals surface area contributed by atoms with Crippen LogP contribution in [0.3, 0.4) is 0 Å². The van der Waals surface area contributed by atoms with Gasteiger partial charge in [-0.3, -0.25) is 9.88 Å². The second-order valence-corrected chi connectivity index (χ2v) is 6.48. The van der Waals surface area contributed by atoms with Crippen LogP contribution in [0.25, 0.3) is 0 Å². The zero-order valence-electron chi connectivity index (χ0n) is 15.9. The molecule has 2 aromatic rings. The number of nitrogens with one attached hydrogen (secondary N) is 1. The molecule has 3 N–H and O–H groups in total. The van der Waals surface area contributed by atoms with E-state index in [1.807, 2.05) is 18.2 Å². The molecule has 0 bridgehead atoms. The number of aromatic nitrogens is 1. The van der Waals surface area contributed by atoms with Gasteiger partial charge in [0.2, 0.25) is 0 Å². The molecule has 0 radical (unpaired) electrons. The Morgan fingerprint density at radius 3 is 2.50 bits per heavy atom. The molecule has 0 spiro atoms. The largest absolute Gasteiger partial charge is 0.370 e. The fraction of sp³-hybridized carbons (Fsp3) is 0.400. The van der Waals surface area contributed by atoms with Gasteiger partial charge in [-0.2, -0.15) is 0 Å². The van der Waals surface area contributed by atoms with Crippen molar-refractivity contribution in [2.24, 2.45) is 10.7 Å². The van der Waals surface area contributed by atoms with E-state index in [-0.39, 0.29) is 24.0 Å². The highest BCUT2D eigenvalue weighted by molar-refractivity contribution is 14.0. The van der Waals surface area contributed by atoms with Crippen molar-refractivity contribution in [2.75, 3.05) is 13.6 Å². The number of guanidine groups is 1. The lowest BCUT2D eigenvalue weighted by atomic mass is 10.1. The van der Waals surface area contributed by atoms with Crippen molar-refractivity contribution in [3.05, 3.63) is 65.5 Å². The van der Waals surface area contributed by atoms with E-state index in [9.17, 15) is 0 Å². The molecule has 0 fully saturated rings. The first-order chi connectivity index (χ1) is 12.1. The molecule has 1 heterocycles. The Bertz CT molecular complexity index is 673. The third-order valence-corrected chi connectivity index (χ3v) is 4.25. The molecule has 0 aliphatic carbocycles. The van der Waals surface area contributed by atoms with Gasteiger partial charge >= 0.3 is 0 Å². The Labute approximate surface area is 174 Å². The van der Waals surface area contributed by atoms with Gasteiger partial charge < -0.3 is 11.1 Å². The number of nitrogens with zero attached hydrogens (tertiary/aromatic N) is 3. The van der Waals surface area contributed by atoms with Gasteiger partial charge in [-0.25, -0.2) is 4.99 Å². The summed E-state index contributed by atoms with van der Waals surface area (Å²) in [5, 5.41) is 3.16. The summed E-state index contributed by atoms with van der Waals surface area (Å²) < 4.78 is 0. The quantitative estimate of drug-likeness (QED) is 0.356. The first-order valence-corrected chi connectivity index (χ1v) is 8.77. The SMILES string of the molecule is CC(C)N(C)Cc1ccccc1CN=C(N)NCCc1ccccn1.I. The molecule has 1 aromatic carbocycles. The van der Waals surface area contributed by atoms with E-state index in [2.05, 4.69) is 65.4 Å². The van der Waals surface area contributed by atoms with Crippen molar-refractivity contribution in [1.29, 1.82) is 0 Å². The number of pyridine rings is 1. The maximum Gasteiger partial charge on any atom is 0.188 e. The highest BCUT2D eigenvalue weighted by Crippen LogP contribution is 2.13. The smallest absolute Gasteiger partial charge is 0.188 e. The van der Waals surface area contributed by atoms with E-state index in [4.69, 9.17) is 5.73 Å². The fourth-order valence-electron chi connectivity index (χ4n) is 2.41. The van der Waals surface area contributed by atoms with E-state index in [0.29, 0.717) is 18.5 Å². The molecule has 2 rings (SSSR count). The summed E-state index contributed by atoms with van der Waals surface area (Å²) in [6.45, 7) is 6.62. The van der Waals surface area contributed by atoms with Crippen molar-refractivity contribution in [3.8, 4) is 0 Å². The van der Waals surface area contributed by atoms with E-state index >= 15 is 0 Å². The highest BCUT2D eigenvalue weighted by Gasteiger charge is 2.07. The second-order valence-electron chi connectivity index (χ2n) is 6.48. The minimum atomic E-state index is 0. The summed E-state index contributed by atoms with van der Waals surface area (Å²) >= 11 is 0. The van der Waals surface area contributed by atoms with Crippen LogP contribution in [0.5, 0.6) is 0 Å². The molecule has 0 saturated heterocycles. The molecule has 0 aliphatic rings. The Kier molecular flexibility index (Phi) is 10.2. The van der Waals surface area contributed by atoms with Crippen LogP contribution in [-0.4, -0.2) is 35.5 Å². The Balaban J connectivity index is 0.00000338. The molecule has 0 atom stereocenters. The van der Waals surface area contributed by atoms with Crippen molar-refractivity contribution in [1.82, 2.24) is 15.2 Å². The molecule has 0 aliphatic heterocycles. The minimum absolute atomic E-state index is 0. The standard InChI is InChI=1S/C20H29N5.HI/c1-16(2)25(3)15-18-9-5-4-8-17(18)14-24-20(21)23-13-11-19-10-6-7-12-22-19;/h4-10,12,16H,11,13-15H2,1-3H3,(H3,21,23,24);1H. The number of benzene rings is 1. The van der Waals surface area contributed by atoms with Crippen LogP contribution in [0.4, 0.5) is 0 Å². The van der Waals surface area contributed by atoms with Crippen molar-refractivity contribution in [2.45, 2.75) is 39.4 Å². The number of hydrogen-bond acceptors (Lipinski definition) is 3. The Morgan fingerprint density at radius 2 is 1.85 bits per heavy atom. The monoisotopic (exact) mass is 467 g/mol. The van der Waals surface area contributed by atoms with E-state index in [1.165, 1.54) is 11.1 Å². The first-order valence-electron chi connectivity index (χ1n) is 8.77. The molecule has 5 nitrogen and oxygen atoms in total.